The molecule has 1 saturated heterocycles. The number of rotatable bonds is 6. The average molecular weight is 347 g/mol. The molecule has 1 aliphatic heterocycles. The predicted octanol–water partition coefficient (Wildman–Crippen LogP) is -0.737. The molecular weight excluding hydrogens is 330 g/mol. The standard InChI is InChI=1S/C16H17N3O6/c1-9-3-2-4-11(25-7-12(17)21)14(9)16(24)19(8-20)10-5-6-13(22)18-15(10)23/h2-4,8,10H,5-7H2,1H3,(H2,17,21)(H,18,22,23). The molecule has 3 N–H and O–H groups in total. The number of nitrogens with zero attached hydrogens (tertiary/aromatic N) is 1. The Hall–Kier alpha value is -3.23. The molecule has 1 aromatic carbocycles. The van der Waals surface area contributed by atoms with E-state index in [2.05, 4.69) is 5.32 Å². The summed E-state index contributed by atoms with van der Waals surface area (Å²) in [5, 5.41) is 2.10. The number of carbonyl (C=O) groups is 5. The highest BCUT2D eigenvalue weighted by Gasteiger charge is 2.36. The Morgan fingerprint density at radius 1 is 1.40 bits per heavy atom. The van der Waals surface area contributed by atoms with E-state index < -0.39 is 36.3 Å². The molecule has 1 aliphatic rings. The second-order valence-corrected chi connectivity index (χ2v) is 5.49. The summed E-state index contributed by atoms with van der Waals surface area (Å²) in [6, 6.07) is 3.60. The number of imide groups is 2. The van der Waals surface area contributed by atoms with Gasteiger partial charge in [0.2, 0.25) is 18.2 Å². The van der Waals surface area contributed by atoms with Gasteiger partial charge in [0.05, 0.1) is 5.56 Å². The van der Waals surface area contributed by atoms with Crippen LogP contribution in [0.3, 0.4) is 0 Å². The Bertz CT molecular complexity index is 745. The molecule has 0 bridgehead atoms. The van der Waals surface area contributed by atoms with Gasteiger partial charge in [-0.15, -0.1) is 0 Å². The summed E-state index contributed by atoms with van der Waals surface area (Å²) in [5.41, 5.74) is 5.57. The lowest BCUT2D eigenvalue weighted by atomic mass is 10.0. The van der Waals surface area contributed by atoms with E-state index in [9.17, 15) is 24.0 Å². The molecule has 25 heavy (non-hydrogen) atoms. The van der Waals surface area contributed by atoms with Gasteiger partial charge in [-0.3, -0.25) is 34.2 Å². The molecule has 1 unspecified atom stereocenters. The van der Waals surface area contributed by atoms with Crippen LogP contribution in [-0.2, 0) is 19.2 Å². The summed E-state index contributed by atoms with van der Waals surface area (Å²) in [7, 11) is 0. The number of ether oxygens (including phenoxy) is 1. The van der Waals surface area contributed by atoms with Crippen molar-refractivity contribution in [1.29, 1.82) is 0 Å². The minimum atomic E-state index is -1.09. The van der Waals surface area contributed by atoms with Crippen molar-refractivity contribution in [1.82, 2.24) is 10.2 Å². The normalized spacial score (nSPS) is 16.8. The molecule has 9 nitrogen and oxygen atoms in total. The second-order valence-electron chi connectivity index (χ2n) is 5.49. The predicted molar refractivity (Wildman–Crippen MR) is 84.3 cm³/mol. The Balaban J connectivity index is 2.34. The van der Waals surface area contributed by atoms with E-state index in [1.165, 1.54) is 6.07 Å². The van der Waals surface area contributed by atoms with Crippen LogP contribution in [0.1, 0.15) is 28.8 Å². The third-order valence-electron chi connectivity index (χ3n) is 3.71. The number of amides is 5. The van der Waals surface area contributed by atoms with Crippen LogP contribution in [-0.4, -0.2) is 47.6 Å². The van der Waals surface area contributed by atoms with Crippen molar-refractivity contribution in [3.8, 4) is 5.75 Å². The summed E-state index contributed by atoms with van der Waals surface area (Å²) in [6.45, 7) is 1.18. The van der Waals surface area contributed by atoms with Crippen LogP contribution in [0.2, 0.25) is 0 Å². The Labute approximate surface area is 143 Å². The Morgan fingerprint density at radius 3 is 2.72 bits per heavy atom. The molecule has 0 saturated carbocycles. The van der Waals surface area contributed by atoms with Gasteiger partial charge >= 0.3 is 0 Å². The lowest BCUT2D eigenvalue weighted by Gasteiger charge is -2.29. The average Bonchev–Trinajstić information content (AvgIpc) is 2.55. The van der Waals surface area contributed by atoms with Crippen LogP contribution in [0, 0.1) is 6.92 Å². The molecule has 0 aliphatic carbocycles. The van der Waals surface area contributed by atoms with E-state index in [1.807, 2.05) is 0 Å². The quantitative estimate of drug-likeness (QED) is 0.514. The molecule has 0 spiro atoms. The van der Waals surface area contributed by atoms with E-state index >= 15 is 0 Å². The minimum Gasteiger partial charge on any atom is -0.483 e. The van der Waals surface area contributed by atoms with Crippen molar-refractivity contribution in [2.45, 2.75) is 25.8 Å². The van der Waals surface area contributed by atoms with Gasteiger partial charge < -0.3 is 10.5 Å². The summed E-state index contributed by atoms with van der Waals surface area (Å²) in [5.74, 6) is -2.59. The zero-order chi connectivity index (χ0) is 18.6. The van der Waals surface area contributed by atoms with Crippen LogP contribution in [0.5, 0.6) is 5.75 Å². The summed E-state index contributed by atoms with van der Waals surface area (Å²) in [6.07, 6.45) is 0.304. The first-order chi connectivity index (χ1) is 11.8. The highest BCUT2D eigenvalue weighted by Crippen LogP contribution is 2.25. The van der Waals surface area contributed by atoms with Gasteiger partial charge in [-0.1, -0.05) is 12.1 Å². The van der Waals surface area contributed by atoms with Gasteiger partial charge in [-0.25, -0.2) is 0 Å². The highest BCUT2D eigenvalue weighted by atomic mass is 16.5. The number of aryl methyl sites for hydroxylation is 1. The summed E-state index contributed by atoms with van der Waals surface area (Å²) in [4.78, 5) is 59.1. The fourth-order valence-corrected chi connectivity index (χ4v) is 2.52. The van der Waals surface area contributed by atoms with Gasteiger partial charge in [-0.05, 0) is 25.0 Å². The SMILES string of the molecule is Cc1cccc(OCC(N)=O)c1C(=O)N(C=O)C1CCC(=O)NC1=O. The van der Waals surface area contributed by atoms with Gasteiger partial charge in [0, 0.05) is 6.42 Å². The van der Waals surface area contributed by atoms with E-state index in [0.717, 1.165) is 4.90 Å². The fourth-order valence-electron chi connectivity index (χ4n) is 2.52. The van der Waals surface area contributed by atoms with Crippen molar-refractivity contribution in [3.05, 3.63) is 29.3 Å². The number of carbonyl (C=O) groups excluding carboxylic acids is 5. The largest absolute Gasteiger partial charge is 0.483 e. The first kappa shape index (κ1) is 18.1. The molecule has 1 atom stereocenters. The van der Waals surface area contributed by atoms with Crippen LogP contribution in [0.4, 0.5) is 0 Å². The number of hydrogen-bond donors (Lipinski definition) is 2. The van der Waals surface area contributed by atoms with Crippen molar-refractivity contribution >= 4 is 30.0 Å². The molecule has 132 valence electrons. The van der Waals surface area contributed by atoms with Gasteiger partial charge in [0.25, 0.3) is 11.8 Å². The number of nitrogens with one attached hydrogen (secondary N) is 1. The zero-order valence-corrected chi connectivity index (χ0v) is 13.5. The molecule has 1 aromatic rings. The molecule has 0 aromatic heterocycles. The number of hydrogen-bond acceptors (Lipinski definition) is 6. The number of primary amides is 1. The maximum Gasteiger partial charge on any atom is 0.265 e. The van der Waals surface area contributed by atoms with E-state index in [-0.39, 0.29) is 30.6 Å². The number of nitrogens with two attached hydrogens (primary N) is 1. The van der Waals surface area contributed by atoms with Crippen LogP contribution < -0.4 is 15.8 Å². The van der Waals surface area contributed by atoms with Gasteiger partial charge in [0.1, 0.15) is 11.8 Å². The van der Waals surface area contributed by atoms with Gasteiger partial charge in [-0.2, -0.15) is 0 Å². The van der Waals surface area contributed by atoms with Crippen molar-refractivity contribution < 1.29 is 28.7 Å². The first-order valence-electron chi connectivity index (χ1n) is 7.47. The molecule has 0 radical (unpaired) electrons. The monoisotopic (exact) mass is 347 g/mol. The highest BCUT2D eigenvalue weighted by molar-refractivity contribution is 6.08. The summed E-state index contributed by atoms with van der Waals surface area (Å²) >= 11 is 0. The summed E-state index contributed by atoms with van der Waals surface area (Å²) < 4.78 is 5.23. The van der Waals surface area contributed by atoms with Crippen LogP contribution >= 0.6 is 0 Å². The van der Waals surface area contributed by atoms with E-state index in [0.29, 0.717) is 5.56 Å². The van der Waals surface area contributed by atoms with E-state index in [4.69, 9.17) is 10.5 Å². The second kappa shape index (κ2) is 7.56. The van der Waals surface area contributed by atoms with E-state index in [1.54, 1.807) is 19.1 Å². The third kappa shape index (κ3) is 4.00. The maximum absolute atomic E-state index is 12.8. The molecule has 1 heterocycles. The van der Waals surface area contributed by atoms with Crippen molar-refractivity contribution in [3.63, 3.8) is 0 Å². The van der Waals surface area contributed by atoms with Gasteiger partial charge in [0.15, 0.2) is 6.61 Å². The topological polar surface area (TPSA) is 136 Å². The van der Waals surface area contributed by atoms with Crippen molar-refractivity contribution in [2.75, 3.05) is 6.61 Å². The minimum absolute atomic E-state index is 0.0207. The van der Waals surface area contributed by atoms with Crippen LogP contribution in [0.25, 0.3) is 0 Å². The fraction of sp³-hybridized carbons (Fsp3) is 0.312. The molecule has 2 rings (SSSR count). The third-order valence-corrected chi connectivity index (χ3v) is 3.71. The van der Waals surface area contributed by atoms with Crippen molar-refractivity contribution in [2.24, 2.45) is 5.73 Å². The molecular formula is C16H17N3O6. The molecule has 5 amide bonds. The molecule has 1 fully saturated rings. The Morgan fingerprint density at radius 2 is 2.12 bits per heavy atom. The lowest BCUT2D eigenvalue weighted by Crippen LogP contribution is -2.54. The maximum atomic E-state index is 12.8. The number of benzene rings is 1. The first-order valence-corrected chi connectivity index (χ1v) is 7.47. The smallest absolute Gasteiger partial charge is 0.265 e. The molecule has 9 heteroatoms. The lowest BCUT2D eigenvalue weighted by molar-refractivity contribution is -0.139. The Kier molecular flexibility index (Phi) is 5.48. The zero-order valence-electron chi connectivity index (χ0n) is 13.5. The van der Waals surface area contributed by atoms with Crippen LogP contribution in [0.15, 0.2) is 18.2 Å². The number of piperidine rings is 1.